The third kappa shape index (κ3) is 5.28. The van der Waals surface area contributed by atoms with E-state index in [-0.39, 0.29) is 4.90 Å². The zero-order chi connectivity index (χ0) is 19.2. The summed E-state index contributed by atoms with van der Waals surface area (Å²) in [6, 6.07) is 15.2. The quantitative estimate of drug-likeness (QED) is 0.757. The largest absolute Gasteiger partial charge is 0.469 e. The van der Waals surface area contributed by atoms with E-state index < -0.39 is 28.0 Å². The molecule has 0 aliphatic heterocycles. The van der Waals surface area contributed by atoms with Crippen molar-refractivity contribution in [1.29, 1.82) is 0 Å². The monoisotopic (exact) mass is 373 g/mol. The van der Waals surface area contributed by atoms with Gasteiger partial charge in [-0.15, -0.1) is 0 Å². The smallest absolute Gasteiger partial charge is 0.310 e. The Morgan fingerprint density at radius 2 is 1.69 bits per heavy atom. The number of carbonyl (C=O) groups is 1. The number of sulfonamides is 1. The number of hydrogen-bond acceptors (Lipinski definition) is 4. The van der Waals surface area contributed by atoms with Crippen LogP contribution in [0.25, 0.3) is 6.08 Å². The van der Waals surface area contributed by atoms with Crippen LogP contribution in [-0.4, -0.2) is 27.5 Å². The Morgan fingerprint density at radius 1 is 1.08 bits per heavy atom. The summed E-state index contributed by atoms with van der Waals surface area (Å²) in [4.78, 5) is 12.1. The van der Waals surface area contributed by atoms with E-state index in [0.717, 1.165) is 11.1 Å². The van der Waals surface area contributed by atoms with E-state index in [0.29, 0.717) is 0 Å². The molecule has 0 aromatic heterocycles. The third-order valence-electron chi connectivity index (χ3n) is 4.03. The molecule has 2 aromatic rings. The molecule has 138 valence electrons. The van der Waals surface area contributed by atoms with Gasteiger partial charge < -0.3 is 4.74 Å². The first kappa shape index (κ1) is 19.9. The molecular formula is C20H23NO4S. The van der Waals surface area contributed by atoms with E-state index in [1.807, 2.05) is 37.3 Å². The second-order valence-electron chi connectivity index (χ2n) is 6.04. The summed E-state index contributed by atoms with van der Waals surface area (Å²) in [6.07, 6.45) is 3.45. The molecule has 5 nitrogen and oxygen atoms in total. The maximum absolute atomic E-state index is 12.7. The normalized spacial score (nSPS) is 14.1. The lowest BCUT2D eigenvalue weighted by Crippen LogP contribution is -2.41. The molecule has 0 aliphatic carbocycles. The number of methoxy groups -OCH3 is 1. The molecule has 0 spiro atoms. The maximum Gasteiger partial charge on any atom is 0.310 e. The predicted molar refractivity (Wildman–Crippen MR) is 102 cm³/mol. The van der Waals surface area contributed by atoms with Crippen molar-refractivity contribution in [3.63, 3.8) is 0 Å². The SMILES string of the molecule is COC(=O)[C@@H](C)[C@H](/C=C/c1ccccc1)NS(=O)(=O)c1ccc(C)cc1. The summed E-state index contributed by atoms with van der Waals surface area (Å²) in [7, 11) is -2.49. The van der Waals surface area contributed by atoms with Gasteiger partial charge >= 0.3 is 5.97 Å². The summed E-state index contributed by atoms with van der Waals surface area (Å²) < 4.78 is 32.7. The van der Waals surface area contributed by atoms with Crippen molar-refractivity contribution in [2.75, 3.05) is 7.11 Å². The van der Waals surface area contributed by atoms with E-state index in [4.69, 9.17) is 4.74 Å². The fourth-order valence-electron chi connectivity index (χ4n) is 2.38. The molecule has 0 aliphatic rings. The summed E-state index contributed by atoms with van der Waals surface area (Å²) in [5, 5.41) is 0. The Balaban J connectivity index is 2.29. The highest BCUT2D eigenvalue weighted by molar-refractivity contribution is 7.89. The maximum atomic E-state index is 12.7. The molecule has 0 unspecified atom stereocenters. The van der Waals surface area contributed by atoms with Crippen LogP contribution in [0.15, 0.2) is 65.6 Å². The number of hydrogen-bond donors (Lipinski definition) is 1. The average molecular weight is 373 g/mol. The van der Waals surface area contributed by atoms with Gasteiger partial charge in [0.25, 0.3) is 0 Å². The van der Waals surface area contributed by atoms with Gasteiger partial charge in [0, 0.05) is 0 Å². The number of nitrogens with one attached hydrogen (secondary N) is 1. The Bertz CT molecular complexity index is 858. The zero-order valence-corrected chi connectivity index (χ0v) is 15.9. The Morgan fingerprint density at radius 3 is 2.27 bits per heavy atom. The molecule has 0 amide bonds. The highest BCUT2D eigenvalue weighted by atomic mass is 32.2. The van der Waals surface area contributed by atoms with Crippen molar-refractivity contribution < 1.29 is 17.9 Å². The molecular weight excluding hydrogens is 350 g/mol. The van der Waals surface area contributed by atoms with Crippen LogP contribution < -0.4 is 4.72 Å². The summed E-state index contributed by atoms with van der Waals surface area (Å²) >= 11 is 0. The molecule has 2 rings (SSSR count). The van der Waals surface area contributed by atoms with Crippen molar-refractivity contribution in [2.24, 2.45) is 5.92 Å². The van der Waals surface area contributed by atoms with Gasteiger partial charge in [0.05, 0.1) is 24.0 Å². The Hall–Kier alpha value is -2.44. The molecule has 2 atom stereocenters. The molecule has 6 heteroatoms. The zero-order valence-electron chi connectivity index (χ0n) is 15.0. The lowest BCUT2D eigenvalue weighted by Gasteiger charge is -2.20. The van der Waals surface area contributed by atoms with Crippen LogP contribution in [0.5, 0.6) is 0 Å². The van der Waals surface area contributed by atoms with Gasteiger partial charge in [-0.25, -0.2) is 13.1 Å². The van der Waals surface area contributed by atoms with Gasteiger partial charge in [-0.3, -0.25) is 4.79 Å². The van der Waals surface area contributed by atoms with Crippen LogP contribution in [0.2, 0.25) is 0 Å². The van der Waals surface area contributed by atoms with Crippen LogP contribution in [0.3, 0.4) is 0 Å². The second-order valence-corrected chi connectivity index (χ2v) is 7.76. The van der Waals surface area contributed by atoms with Gasteiger partial charge in [0.2, 0.25) is 10.0 Å². The molecule has 0 saturated carbocycles. The van der Waals surface area contributed by atoms with E-state index in [1.54, 1.807) is 43.3 Å². The second kappa shape index (κ2) is 8.78. The Kier molecular flexibility index (Phi) is 6.71. The van der Waals surface area contributed by atoms with Crippen molar-refractivity contribution in [3.8, 4) is 0 Å². The first-order valence-electron chi connectivity index (χ1n) is 8.23. The number of rotatable bonds is 7. The van der Waals surface area contributed by atoms with Gasteiger partial charge in [0.15, 0.2) is 0 Å². The van der Waals surface area contributed by atoms with E-state index in [2.05, 4.69) is 4.72 Å². The molecule has 0 radical (unpaired) electrons. The van der Waals surface area contributed by atoms with E-state index in [9.17, 15) is 13.2 Å². The standard InChI is InChI=1S/C20H23NO4S/c1-15-9-12-18(13-10-15)26(23,24)21-19(16(2)20(22)25-3)14-11-17-7-5-4-6-8-17/h4-14,16,19,21H,1-3H3/b14-11+/t16-,19-/m0/s1. The molecule has 1 N–H and O–H groups in total. The first-order chi connectivity index (χ1) is 12.3. The lowest BCUT2D eigenvalue weighted by atomic mass is 10.0. The highest BCUT2D eigenvalue weighted by Crippen LogP contribution is 2.16. The third-order valence-corrected chi connectivity index (χ3v) is 5.50. The first-order valence-corrected chi connectivity index (χ1v) is 9.72. The van der Waals surface area contributed by atoms with Crippen molar-refractivity contribution >= 4 is 22.1 Å². The van der Waals surface area contributed by atoms with Gasteiger partial charge in [-0.2, -0.15) is 0 Å². The van der Waals surface area contributed by atoms with Crippen LogP contribution in [0.4, 0.5) is 0 Å². The lowest BCUT2D eigenvalue weighted by molar-refractivity contribution is -0.145. The van der Waals surface area contributed by atoms with Crippen LogP contribution in [0, 0.1) is 12.8 Å². The Labute approximate surface area is 154 Å². The highest BCUT2D eigenvalue weighted by Gasteiger charge is 2.27. The van der Waals surface area contributed by atoms with Crippen LogP contribution in [-0.2, 0) is 19.6 Å². The fourth-order valence-corrected chi connectivity index (χ4v) is 3.66. The van der Waals surface area contributed by atoms with Crippen LogP contribution in [0.1, 0.15) is 18.1 Å². The molecule has 0 saturated heterocycles. The number of benzene rings is 2. The van der Waals surface area contributed by atoms with Crippen molar-refractivity contribution in [3.05, 3.63) is 71.8 Å². The summed E-state index contributed by atoms with van der Waals surface area (Å²) in [5.74, 6) is -1.17. The molecule has 0 heterocycles. The van der Waals surface area contributed by atoms with Gasteiger partial charge in [0.1, 0.15) is 0 Å². The van der Waals surface area contributed by atoms with Gasteiger partial charge in [-0.1, -0.05) is 67.1 Å². The molecule has 2 aromatic carbocycles. The molecule has 26 heavy (non-hydrogen) atoms. The topological polar surface area (TPSA) is 72.5 Å². The van der Waals surface area contributed by atoms with Crippen molar-refractivity contribution in [2.45, 2.75) is 24.8 Å². The number of aryl methyl sites for hydroxylation is 1. The minimum absolute atomic E-state index is 0.151. The minimum Gasteiger partial charge on any atom is -0.469 e. The van der Waals surface area contributed by atoms with Crippen molar-refractivity contribution in [1.82, 2.24) is 4.72 Å². The predicted octanol–water partition coefficient (Wildman–Crippen LogP) is 3.16. The molecule has 0 fully saturated rings. The summed E-state index contributed by atoms with van der Waals surface area (Å²) in [6.45, 7) is 3.51. The molecule has 0 bridgehead atoms. The fraction of sp³-hybridized carbons (Fsp3) is 0.250. The number of ether oxygens (including phenoxy) is 1. The van der Waals surface area contributed by atoms with Crippen LogP contribution >= 0.6 is 0 Å². The number of carbonyl (C=O) groups excluding carboxylic acids is 1. The van der Waals surface area contributed by atoms with E-state index in [1.165, 1.54) is 7.11 Å². The average Bonchev–Trinajstić information content (AvgIpc) is 2.65. The number of esters is 1. The summed E-state index contributed by atoms with van der Waals surface area (Å²) in [5.41, 5.74) is 1.87. The van der Waals surface area contributed by atoms with Gasteiger partial charge in [-0.05, 0) is 24.6 Å². The van der Waals surface area contributed by atoms with E-state index >= 15 is 0 Å². The minimum atomic E-state index is -3.78.